The number of hydrogen-bond acceptors (Lipinski definition) is 3. The van der Waals surface area contributed by atoms with Gasteiger partial charge in [-0.05, 0) is 24.1 Å². The molecule has 0 rings (SSSR count). The molecule has 84 valence electrons. The Balaban J connectivity index is 5.21. The van der Waals surface area contributed by atoms with E-state index in [1.807, 2.05) is 0 Å². The molecule has 4 N–H and O–H groups in total. The molecule has 0 fully saturated rings. The zero-order chi connectivity index (χ0) is 11.6. The molecule has 0 radical (unpaired) electrons. The summed E-state index contributed by atoms with van der Waals surface area (Å²) in [5, 5.41) is 6.37. The maximum atomic E-state index is 11.0. The number of carbonyl (C=O) groups is 1. The van der Waals surface area contributed by atoms with Crippen molar-refractivity contribution < 1.29 is 24.3 Å². The predicted octanol–water partition coefficient (Wildman–Crippen LogP) is 0.734. The Bertz CT molecular complexity index is 265. The number of carboxylic acid groups (broad SMARTS) is 1. The second kappa shape index (κ2) is 4.59. The lowest BCUT2D eigenvalue weighted by molar-refractivity contribution is -0.141. The van der Waals surface area contributed by atoms with Crippen molar-refractivity contribution in [3.8, 4) is 0 Å². The van der Waals surface area contributed by atoms with Crippen LogP contribution in [0, 0.1) is 5.92 Å². The van der Waals surface area contributed by atoms with Gasteiger partial charge in [-0.25, -0.2) is 9.63 Å². The molecule has 0 spiro atoms. The van der Waals surface area contributed by atoms with Crippen LogP contribution in [-0.4, -0.2) is 26.1 Å². The topological polar surface area (TPSA) is 107 Å². The minimum atomic E-state index is -4.86. The Kier molecular flexibility index (Phi) is 4.55. The fourth-order valence-corrected chi connectivity index (χ4v) is 2.51. The van der Waals surface area contributed by atoms with Gasteiger partial charge in [-0.15, -0.1) is 0 Å². The van der Waals surface area contributed by atoms with E-state index in [1.165, 1.54) is 0 Å². The first-order chi connectivity index (χ1) is 6.17. The average molecular weight is 246 g/mol. The highest BCUT2D eigenvalue weighted by Gasteiger charge is 2.54. The Morgan fingerprint density at radius 1 is 1.57 bits per heavy atom. The lowest BCUT2D eigenvalue weighted by Gasteiger charge is -2.29. The van der Waals surface area contributed by atoms with E-state index in [0.29, 0.717) is 0 Å². The SMILES string of the molecule is CC(C)CC(NCl)(C(=O)O)P(=O)(O)O. The van der Waals surface area contributed by atoms with Crippen molar-refractivity contribution in [3.63, 3.8) is 0 Å². The van der Waals surface area contributed by atoms with Gasteiger partial charge in [0, 0.05) is 0 Å². The van der Waals surface area contributed by atoms with Crippen LogP contribution in [0.2, 0.25) is 0 Å². The Hall–Kier alpha value is -0.130. The molecule has 0 aliphatic carbocycles. The van der Waals surface area contributed by atoms with Crippen LogP contribution in [0.25, 0.3) is 0 Å². The number of nitrogens with one attached hydrogen (secondary N) is 1. The van der Waals surface area contributed by atoms with Gasteiger partial charge in [0.05, 0.1) is 0 Å². The van der Waals surface area contributed by atoms with E-state index in [1.54, 1.807) is 18.7 Å². The maximum absolute atomic E-state index is 11.0. The molecule has 8 heteroatoms. The van der Waals surface area contributed by atoms with Crippen LogP contribution in [0.15, 0.2) is 0 Å². The average Bonchev–Trinajstić information content (AvgIpc) is 1.96. The summed E-state index contributed by atoms with van der Waals surface area (Å²) in [6, 6.07) is 0. The maximum Gasteiger partial charge on any atom is 0.358 e. The van der Waals surface area contributed by atoms with Crippen LogP contribution in [-0.2, 0) is 9.36 Å². The number of hydrogen-bond donors (Lipinski definition) is 4. The van der Waals surface area contributed by atoms with Crippen LogP contribution in [0.1, 0.15) is 20.3 Å². The van der Waals surface area contributed by atoms with Crippen molar-refractivity contribution >= 4 is 25.3 Å². The van der Waals surface area contributed by atoms with Crippen LogP contribution in [0.5, 0.6) is 0 Å². The van der Waals surface area contributed by atoms with Gasteiger partial charge in [-0.2, -0.15) is 0 Å². The quantitative estimate of drug-likeness (QED) is 0.420. The Morgan fingerprint density at radius 3 is 2.07 bits per heavy atom. The van der Waals surface area contributed by atoms with E-state index in [-0.39, 0.29) is 12.3 Å². The van der Waals surface area contributed by atoms with Gasteiger partial charge in [-0.1, -0.05) is 13.8 Å². The summed E-state index contributed by atoms with van der Waals surface area (Å²) in [6.45, 7) is 3.28. The highest BCUT2D eigenvalue weighted by Crippen LogP contribution is 2.52. The molecule has 1 atom stereocenters. The van der Waals surface area contributed by atoms with Gasteiger partial charge in [0.15, 0.2) is 0 Å². The van der Waals surface area contributed by atoms with Gasteiger partial charge >= 0.3 is 13.6 Å². The smallest absolute Gasteiger partial charge is 0.358 e. The summed E-state index contributed by atoms with van der Waals surface area (Å²) >= 11 is 5.12. The summed E-state index contributed by atoms with van der Waals surface area (Å²) < 4.78 is 11.0. The molecule has 0 heterocycles. The van der Waals surface area contributed by atoms with E-state index >= 15 is 0 Å². The molecule has 0 amide bonds. The van der Waals surface area contributed by atoms with Crippen LogP contribution < -0.4 is 4.84 Å². The number of rotatable bonds is 5. The fourth-order valence-electron chi connectivity index (χ4n) is 1.06. The molecule has 0 aliphatic rings. The third-order valence-electron chi connectivity index (χ3n) is 1.71. The van der Waals surface area contributed by atoms with Crippen molar-refractivity contribution in [2.75, 3.05) is 0 Å². The van der Waals surface area contributed by atoms with Crippen LogP contribution in [0.3, 0.4) is 0 Å². The lowest BCUT2D eigenvalue weighted by atomic mass is 10.0. The highest BCUT2D eigenvalue weighted by atomic mass is 35.5. The molecular weight excluding hydrogens is 232 g/mol. The molecular formula is C6H13ClNO5P. The van der Waals surface area contributed by atoms with Crippen molar-refractivity contribution in [2.45, 2.75) is 25.5 Å². The lowest BCUT2D eigenvalue weighted by Crippen LogP contribution is -2.48. The summed E-state index contributed by atoms with van der Waals surface area (Å²) in [6.07, 6.45) is -0.254. The van der Waals surface area contributed by atoms with Gasteiger partial charge in [0.2, 0.25) is 5.28 Å². The first-order valence-corrected chi connectivity index (χ1v) is 5.83. The van der Waals surface area contributed by atoms with E-state index in [4.69, 9.17) is 26.7 Å². The van der Waals surface area contributed by atoms with Gasteiger partial charge in [0.25, 0.3) is 0 Å². The first-order valence-electron chi connectivity index (χ1n) is 3.84. The minimum Gasteiger partial charge on any atom is -0.479 e. The third kappa shape index (κ3) is 2.68. The first kappa shape index (κ1) is 13.9. The fraction of sp³-hybridized carbons (Fsp3) is 0.833. The van der Waals surface area contributed by atoms with Crippen molar-refractivity contribution in [3.05, 3.63) is 0 Å². The van der Waals surface area contributed by atoms with Gasteiger partial charge in [-0.3, -0.25) is 4.57 Å². The molecule has 0 saturated carbocycles. The Labute approximate surface area is 86.5 Å². The second-order valence-electron chi connectivity index (χ2n) is 3.40. The normalized spacial score (nSPS) is 16.7. The molecule has 0 aliphatic heterocycles. The third-order valence-corrected chi connectivity index (χ3v) is 3.65. The Morgan fingerprint density at radius 2 is 2.00 bits per heavy atom. The number of aliphatic carboxylic acids is 1. The summed E-state index contributed by atoms with van der Waals surface area (Å²) in [5.41, 5.74) is 0. The molecule has 0 aromatic heterocycles. The van der Waals surface area contributed by atoms with Gasteiger partial charge in [0.1, 0.15) is 0 Å². The molecule has 0 aromatic carbocycles. The molecule has 0 bridgehead atoms. The largest absolute Gasteiger partial charge is 0.479 e. The van der Waals surface area contributed by atoms with Crippen molar-refractivity contribution in [2.24, 2.45) is 5.92 Å². The molecule has 0 aromatic rings. The van der Waals surface area contributed by atoms with E-state index in [0.717, 1.165) is 0 Å². The molecule has 6 nitrogen and oxygen atoms in total. The molecule has 0 saturated heterocycles. The standard InChI is InChI=1S/C6H13ClNO5P/c1-4(2)3-6(8-7,5(9)10)14(11,12)13/h4,8H,3H2,1-2H3,(H,9,10)(H2,11,12,13). The number of halogens is 1. The van der Waals surface area contributed by atoms with E-state index in [9.17, 15) is 9.36 Å². The predicted molar refractivity (Wildman–Crippen MR) is 50.9 cm³/mol. The van der Waals surface area contributed by atoms with E-state index in [2.05, 4.69) is 0 Å². The van der Waals surface area contributed by atoms with Crippen molar-refractivity contribution in [1.29, 1.82) is 0 Å². The van der Waals surface area contributed by atoms with Gasteiger partial charge < -0.3 is 14.9 Å². The molecule has 14 heavy (non-hydrogen) atoms. The zero-order valence-electron chi connectivity index (χ0n) is 7.77. The molecule has 1 unspecified atom stereocenters. The van der Waals surface area contributed by atoms with E-state index < -0.39 is 18.8 Å². The minimum absolute atomic E-state index is 0.218. The van der Waals surface area contributed by atoms with Crippen LogP contribution in [0.4, 0.5) is 0 Å². The zero-order valence-corrected chi connectivity index (χ0v) is 9.42. The monoisotopic (exact) mass is 245 g/mol. The summed E-state index contributed by atoms with van der Waals surface area (Å²) in [5.74, 6) is -1.88. The second-order valence-corrected chi connectivity index (χ2v) is 5.44. The van der Waals surface area contributed by atoms with Crippen LogP contribution >= 0.6 is 19.4 Å². The summed E-state index contributed by atoms with van der Waals surface area (Å²) in [4.78, 5) is 30.4. The number of carboxylic acids is 1. The highest BCUT2D eigenvalue weighted by molar-refractivity contribution is 7.54. The van der Waals surface area contributed by atoms with Crippen molar-refractivity contribution in [1.82, 2.24) is 4.84 Å². The summed E-state index contributed by atoms with van der Waals surface area (Å²) in [7, 11) is -4.86.